The molecule has 0 spiro atoms. The minimum absolute atomic E-state index is 0.265. The number of aliphatic hydroxyl groups is 1. The molecule has 0 aliphatic carbocycles. The van der Waals surface area contributed by atoms with Crippen LogP contribution in [0.5, 0.6) is 0 Å². The van der Waals surface area contributed by atoms with Gasteiger partial charge in [0.15, 0.2) is 0 Å². The number of hydrogen-bond donors (Lipinski definition) is 6. The summed E-state index contributed by atoms with van der Waals surface area (Å²) in [5, 5.41) is 25.9. The van der Waals surface area contributed by atoms with Crippen molar-refractivity contribution in [1.29, 1.82) is 0 Å². The molecule has 0 heterocycles. The second-order valence-electron chi connectivity index (χ2n) is 7.44. The number of nitrogens with two attached hydrogens (primary N) is 1. The molecule has 0 fully saturated rings. The summed E-state index contributed by atoms with van der Waals surface area (Å²) < 4.78 is 0. The van der Waals surface area contributed by atoms with Crippen molar-refractivity contribution in [1.82, 2.24) is 16.0 Å². The molecule has 7 N–H and O–H groups in total. The van der Waals surface area contributed by atoms with E-state index in [1.807, 2.05) is 6.92 Å². The molecule has 0 saturated carbocycles. The second-order valence-corrected chi connectivity index (χ2v) is 7.44. The number of nitrogens with one attached hydrogen (secondary N) is 3. The summed E-state index contributed by atoms with van der Waals surface area (Å²) in [5.74, 6) is -3.68. The van der Waals surface area contributed by atoms with Crippen molar-refractivity contribution < 1.29 is 29.4 Å². The lowest BCUT2D eigenvalue weighted by atomic mass is 9.96. The third kappa shape index (κ3) is 7.81. The highest BCUT2D eigenvalue weighted by molar-refractivity contribution is 5.94. The Morgan fingerprint density at radius 3 is 1.71 bits per heavy atom. The number of aliphatic carboxylic acids is 1. The van der Waals surface area contributed by atoms with Gasteiger partial charge in [-0.2, -0.15) is 0 Å². The van der Waals surface area contributed by atoms with E-state index < -0.39 is 54.0 Å². The minimum atomic E-state index is -1.20. The van der Waals surface area contributed by atoms with Gasteiger partial charge in [0.1, 0.15) is 24.2 Å². The van der Waals surface area contributed by atoms with Gasteiger partial charge in [-0.05, 0) is 25.7 Å². The molecule has 0 rings (SSSR count). The number of carboxylic acid groups (broad SMARTS) is 1. The van der Waals surface area contributed by atoms with Gasteiger partial charge in [-0.25, -0.2) is 0 Å². The molecule has 0 aromatic carbocycles. The lowest BCUT2D eigenvalue weighted by molar-refractivity contribution is -0.142. The van der Waals surface area contributed by atoms with Gasteiger partial charge in [-0.15, -0.1) is 0 Å². The summed E-state index contributed by atoms with van der Waals surface area (Å²) in [7, 11) is 0. The fourth-order valence-corrected chi connectivity index (χ4v) is 2.31. The maximum atomic E-state index is 12.8. The number of carbonyl (C=O) groups excluding carboxylic acids is 3. The van der Waals surface area contributed by atoms with Crippen molar-refractivity contribution >= 4 is 23.7 Å². The Balaban J connectivity index is 5.36. The smallest absolute Gasteiger partial charge is 0.325 e. The molecule has 0 bridgehead atoms. The first-order chi connectivity index (χ1) is 12.8. The van der Waals surface area contributed by atoms with Crippen molar-refractivity contribution in [2.45, 2.75) is 78.2 Å². The van der Waals surface area contributed by atoms with E-state index in [9.17, 15) is 24.3 Å². The first-order valence-corrected chi connectivity index (χ1v) is 9.40. The summed E-state index contributed by atoms with van der Waals surface area (Å²) in [6, 6.07) is -4.25. The van der Waals surface area contributed by atoms with Gasteiger partial charge in [0, 0.05) is 0 Å². The Morgan fingerprint density at radius 2 is 1.32 bits per heavy atom. The van der Waals surface area contributed by atoms with Crippen LogP contribution in [0.15, 0.2) is 0 Å². The second kappa shape index (κ2) is 11.6. The van der Waals surface area contributed by atoms with Gasteiger partial charge in [0.25, 0.3) is 0 Å². The highest BCUT2D eigenvalue weighted by Crippen LogP contribution is 2.11. The zero-order valence-corrected chi connectivity index (χ0v) is 17.4. The molecule has 3 amide bonds. The third-order valence-corrected chi connectivity index (χ3v) is 4.59. The Morgan fingerprint density at radius 1 is 0.857 bits per heavy atom. The largest absolute Gasteiger partial charge is 0.480 e. The van der Waals surface area contributed by atoms with Gasteiger partial charge < -0.3 is 31.9 Å². The van der Waals surface area contributed by atoms with Crippen LogP contribution < -0.4 is 21.7 Å². The predicted octanol–water partition coefficient (Wildman–Crippen LogP) is -1.04. The van der Waals surface area contributed by atoms with Gasteiger partial charge in [-0.1, -0.05) is 34.1 Å². The van der Waals surface area contributed by atoms with Crippen LogP contribution in [0.4, 0.5) is 0 Å². The normalized spacial score (nSPS) is 17.6. The van der Waals surface area contributed by atoms with E-state index in [0.29, 0.717) is 6.42 Å². The average molecular weight is 402 g/mol. The van der Waals surface area contributed by atoms with Crippen LogP contribution in [-0.2, 0) is 19.2 Å². The molecule has 10 nitrogen and oxygen atoms in total. The summed E-state index contributed by atoms with van der Waals surface area (Å²) in [5.41, 5.74) is 5.62. The van der Waals surface area contributed by atoms with E-state index >= 15 is 0 Å². The molecule has 0 aliphatic rings. The van der Waals surface area contributed by atoms with Gasteiger partial charge in [0.2, 0.25) is 17.7 Å². The highest BCUT2D eigenvalue weighted by Gasteiger charge is 2.33. The topological polar surface area (TPSA) is 171 Å². The molecule has 28 heavy (non-hydrogen) atoms. The number of rotatable bonds is 11. The van der Waals surface area contributed by atoms with Crippen LogP contribution in [0, 0.1) is 11.8 Å². The van der Waals surface area contributed by atoms with E-state index in [0.717, 1.165) is 0 Å². The van der Waals surface area contributed by atoms with Crippen LogP contribution in [0.3, 0.4) is 0 Å². The number of carbonyl (C=O) groups is 4. The van der Waals surface area contributed by atoms with Crippen LogP contribution in [0.2, 0.25) is 0 Å². The Kier molecular flexibility index (Phi) is 10.7. The van der Waals surface area contributed by atoms with E-state index in [1.165, 1.54) is 13.8 Å². The summed E-state index contributed by atoms with van der Waals surface area (Å²) >= 11 is 0. The van der Waals surface area contributed by atoms with Crippen molar-refractivity contribution in [3.63, 3.8) is 0 Å². The van der Waals surface area contributed by atoms with Crippen molar-refractivity contribution in [3.8, 4) is 0 Å². The summed E-state index contributed by atoms with van der Waals surface area (Å²) in [4.78, 5) is 48.3. The first-order valence-electron chi connectivity index (χ1n) is 9.40. The van der Waals surface area contributed by atoms with Crippen LogP contribution in [-0.4, -0.2) is 64.2 Å². The van der Waals surface area contributed by atoms with Gasteiger partial charge in [-0.3, -0.25) is 19.2 Å². The lowest BCUT2D eigenvalue weighted by Gasteiger charge is -2.29. The molecule has 0 radical (unpaired) electrons. The molecular formula is C18H34N4O6. The predicted molar refractivity (Wildman–Crippen MR) is 103 cm³/mol. The van der Waals surface area contributed by atoms with Crippen molar-refractivity contribution in [2.75, 3.05) is 0 Å². The fourth-order valence-electron chi connectivity index (χ4n) is 2.31. The Labute approximate surface area is 165 Å². The molecule has 162 valence electrons. The van der Waals surface area contributed by atoms with Crippen molar-refractivity contribution in [3.05, 3.63) is 0 Å². The number of carboxylic acids is 1. The summed E-state index contributed by atoms with van der Waals surface area (Å²) in [6.07, 6.45) is -0.524. The van der Waals surface area contributed by atoms with Crippen LogP contribution in [0.25, 0.3) is 0 Å². The summed E-state index contributed by atoms with van der Waals surface area (Å²) in [6.45, 7) is 9.69. The van der Waals surface area contributed by atoms with Crippen molar-refractivity contribution in [2.24, 2.45) is 17.6 Å². The third-order valence-electron chi connectivity index (χ3n) is 4.59. The molecule has 0 aromatic heterocycles. The zero-order chi connectivity index (χ0) is 22.2. The lowest BCUT2D eigenvalue weighted by Crippen LogP contribution is -2.60. The zero-order valence-electron chi connectivity index (χ0n) is 17.4. The van der Waals surface area contributed by atoms with Gasteiger partial charge in [0.05, 0.1) is 6.10 Å². The van der Waals surface area contributed by atoms with Crippen LogP contribution in [0.1, 0.15) is 48.0 Å². The maximum Gasteiger partial charge on any atom is 0.325 e. The molecule has 6 unspecified atom stereocenters. The van der Waals surface area contributed by atoms with E-state index in [1.54, 1.807) is 20.8 Å². The van der Waals surface area contributed by atoms with E-state index in [2.05, 4.69) is 16.0 Å². The quantitative estimate of drug-likeness (QED) is 0.256. The standard InChI is InChI=1S/C18H34N4O6/c1-7-9(4)14(22-15(24)12(19)11(6)23)17(26)21-13(8(2)3)16(25)20-10(5)18(27)28/h8-14,23H,7,19H2,1-6H3,(H,20,25)(H,21,26)(H,22,24)(H,27,28). The SMILES string of the molecule is CCC(C)C(NC(=O)C(N)C(C)O)C(=O)NC(C(=O)NC(C)C(=O)O)C(C)C. The first kappa shape index (κ1) is 25.8. The molecule has 10 heteroatoms. The number of amides is 3. The van der Waals surface area contributed by atoms with Crippen LogP contribution >= 0.6 is 0 Å². The molecule has 0 aromatic rings. The Bertz CT molecular complexity index is 566. The number of hydrogen-bond acceptors (Lipinski definition) is 6. The maximum absolute atomic E-state index is 12.8. The average Bonchev–Trinajstić information content (AvgIpc) is 2.61. The molecule has 0 saturated heterocycles. The monoisotopic (exact) mass is 402 g/mol. The fraction of sp³-hybridized carbons (Fsp3) is 0.778. The van der Waals surface area contributed by atoms with E-state index in [-0.39, 0.29) is 11.8 Å². The van der Waals surface area contributed by atoms with E-state index in [4.69, 9.17) is 10.8 Å². The minimum Gasteiger partial charge on any atom is -0.480 e. The highest BCUT2D eigenvalue weighted by atomic mass is 16.4. The molecular weight excluding hydrogens is 368 g/mol. The molecule has 6 atom stereocenters. The van der Waals surface area contributed by atoms with Gasteiger partial charge >= 0.3 is 5.97 Å². The molecule has 0 aliphatic heterocycles. The number of aliphatic hydroxyl groups excluding tert-OH is 1. The Hall–Kier alpha value is -2.20.